The molecule has 1 heterocycles. The lowest BCUT2D eigenvalue weighted by atomic mass is 9.96. The summed E-state index contributed by atoms with van der Waals surface area (Å²) in [7, 11) is 4.20. The van der Waals surface area contributed by atoms with E-state index in [2.05, 4.69) is 23.9 Å². The third-order valence-electron chi connectivity index (χ3n) is 3.86. The molecule has 20 heavy (non-hydrogen) atoms. The van der Waals surface area contributed by atoms with Gasteiger partial charge in [0, 0.05) is 12.1 Å². The minimum absolute atomic E-state index is 0.0797. The van der Waals surface area contributed by atoms with Crippen LogP contribution in [0.5, 0.6) is 0 Å². The number of rotatable bonds is 5. The maximum atomic E-state index is 12.8. The van der Waals surface area contributed by atoms with Gasteiger partial charge in [0.05, 0.1) is 6.54 Å². The third kappa shape index (κ3) is 4.39. The number of carbonyl (C=O) groups is 1. The van der Waals surface area contributed by atoms with Crippen LogP contribution in [0.3, 0.4) is 0 Å². The van der Waals surface area contributed by atoms with Crippen LogP contribution in [0.25, 0.3) is 0 Å². The predicted molar refractivity (Wildman–Crippen MR) is 78.4 cm³/mol. The Morgan fingerprint density at radius 2 is 1.85 bits per heavy atom. The SMILES string of the molecule is CN(C)CC1CCN(CC(=O)c2ccc(F)cc2)CC1. The lowest BCUT2D eigenvalue weighted by Crippen LogP contribution is -2.39. The van der Waals surface area contributed by atoms with E-state index >= 15 is 0 Å². The van der Waals surface area contributed by atoms with E-state index in [9.17, 15) is 9.18 Å². The van der Waals surface area contributed by atoms with Gasteiger partial charge in [-0.1, -0.05) is 0 Å². The Morgan fingerprint density at radius 3 is 2.40 bits per heavy atom. The monoisotopic (exact) mass is 278 g/mol. The molecular weight excluding hydrogens is 255 g/mol. The molecule has 1 fully saturated rings. The number of nitrogens with zero attached hydrogens (tertiary/aromatic N) is 2. The first kappa shape index (κ1) is 15.1. The number of ketones is 1. The zero-order valence-electron chi connectivity index (χ0n) is 12.3. The van der Waals surface area contributed by atoms with Crippen molar-refractivity contribution in [2.75, 3.05) is 40.3 Å². The normalized spacial score (nSPS) is 17.6. The van der Waals surface area contributed by atoms with Crippen LogP contribution in [0.1, 0.15) is 23.2 Å². The fourth-order valence-corrected chi connectivity index (χ4v) is 2.77. The van der Waals surface area contributed by atoms with Gasteiger partial charge < -0.3 is 4.90 Å². The Bertz CT molecular complexity index is 436. The second-order valence-electron chi connectivity index (χ2n) is 5.91. The minimum atomic E-state index is -0.300. The molecular formula is C16H23FN2O. The molecule has 0 saturated carbocycles. The number of halogens is 1. The van der Waals surface area contributed by atoms with Crippen molar-refractivity contribution >= 4 is 5.78 Å². The number of benzene rings is 1. The molecule has 0 N–H and O–H groups in total. The largest absolute Gasteiger partial charge is 0.309 e. The molecule has 0 bridgehead atoms. The molecule has 110 valence electrons. The molecule has 1 aliphatic rings. The first-order chi connectivity index (χ1) is 9.54. The van der Waals surface area contributed by atoms with E-state index in [1.165, 1.54) is 12.1 Å². The number of carbonyl (C=O) groups excluding carboxylic acids is 1. The predicted octanol–water partition coefficient (Wildman–Crippen LogP) is 2.28. The Morgan fingerprint density at radius 1 is 1.25 bits per heavy atom. The van der Waals surface area contributed by atoms with Gasteiger partial charge in [-0.15, -0.1) is 0 Å². The first-order valence-electron chi connectivity index (χ1n) is 7.20. The molecule has 0 aromatic heterocycles. The van der Waals surface area contributed by atoms with Crippen LogP contribution in [-0.4, -0.2) is 55.9 Å². The van der Waals surface area contributed by atoms with Crippen molar-refractivity contribution in [2.45, 2.75) is 12.8 Å². The molecule has 2 rings (SSSR count). The summed E-state index contributed by atoms with van der Waals surface area (Å²) in [4.78, 5) is 16.5. The van der Waals surface area contributed by atoms with Gasteiger partial charge >= 0.3 is 0 Å². The molecule has 3 nitrogen and oxygen atoms in total. The quantitative estimate of drug-likeness (QED) is 0.772. The molecule has 1 aliphatic heterocycles. The maximum Gasteiger partial charge on any atom is 0.176 e. The van der Waals surface area contributed by atoms with Gasteiger partial charge in [-0.3, -0.25) is 9.69 Å². The summed E-state index contributed by atoms with van der Waals surface area (Å²) >= 11 is 0. The molecule has 0 aliphatic carbocycles. The number of piperidine rings is 1. The molecule has 0 atom stereocenters. The summed E-state index contributed by atoms with van der Waals surface area (Å²) in [6, 6.07) is 5.82. The molecule has 4 heteroatoms. The minimum Gasteiger partial charge on any atom is -0.309 e. The van der Waals surface area contributed by atoms with Gasteiger partial charge in [-0.2, -0.15) is 0 Å². The molecule has 0 radical (unpaired) electrons. The highest BCUT2D eigenvalue weighted by molar-refractivity contribution is 5.97. The molecule has 0 amide bonds. The average Bonchev–Trinajstić information content (AvgIpc) is 2.41. The average molecular weight is 278 g/mol. The lowest BCUT2D eigenvalue weighted by molar-refractivity contribution is 0.0886. The summed E-state index contributed by atoms with van der Waals surface area (Å²) < 4.78 is 12.8. The number of Topliss-reactive ketones (excluding diaryl/α,β-unsaturated/α-hetero) is 1. The van der Waals surface area contributed by atoms with E-state index in [0.717, 1.165) is 38.4 Å². The van der Waals surface area contributed by atoms with Crippen molar-refractivity contribution in [3.8, 4) is 0 Å². The Hall–Kier alpha value is -1.26. The van der Waals surface area contributed by atoms with Gasteiger partial charge in [0.2, 0.25) is 0 Å². The Kier molecular flexibility index (Phi) is 5.26. The second-order valence-corrected chi connectivity index (χ2v) is 5.91. The molecule has 1 aromatic rings. The van der Waals surface area contributed by atoms with E-state index in [0.29, 0.717) is 12.1 Å². The summed E-state index contributed by atoms with van der Waals surface area (Å²) in [5.41, 5.74) is 0.599. The highest BCUT2D eigenvalue weighted by Gasteiger charge is 2.21. The van der Waals surface area contributed by atoms with Crippen molar-refractivity contribution in [1.29, 1.82) is 0 Å². The van der Waals surface area contributed by atoms with E-state index in [1.807, 2.05) is 0 Å². The van der Waals surface area contributed by atoms with Gasteiger partial charge in [-0.05, 0) is 70.2 Å². The van der Waals surface area contributed by atoms with Crippen LogP contribution >= 0.6 is 0 Å². The topological polar surface area (TPSA) is 23.6 Å². The van der Waals surface area contributed by atoms with Gasteiger partial charge in [0.1, 0.15) is 5.82 Å². The van der Waals surface area contributed by atoms with E-state index in [1.54, 1.807) is 12.1 Å². The Labute approximate surface area is 120 Å². The van der Waals surface area contributed by atoms with Gasteiger partial charge in [0.25, 0.3) is 0 Å². The van der Waals surface area contributed by atoms with Crippen LogP contribution < -0.4 is 0 Å². The van der Waals surface area contributed by atoms with Crippen molar-refractivity contribution in [2.24, 2.45) is 5.92 Å². The molecule has 1 saturated heterocycles. The van der Waals surface area contributed by atoms with Crippen molar-refractivity contribution in [3.63, 3.8) is 0 Å². The van der Waals surface area contributed by atoms with E-state index < -0.39 is 0 Å². The number of hydrogen-bond acceptors (Lipinski definition) is 3. The van der Waals surface area contributed by atoms with Crippen LogP contribution in [0.2, 0.25) is 0 Å². The smallest absolute Gasteiger partial charge is 0.176 e. The van der Waals surface area contributed by atoms with E-state index in [-0.39, 0.29) is 11.6 Å². The molecule has 0 spiro atoms. The fraction of sp³-hybridized carbons (Fsp3) is 0.562. The van der Waals surface area contributed by atoms with Crippen LogP contribution in [0, 0.1) is 11.7 Å². The number of hydrogen-bond donors (Lipinski definition) is 0. The number of likely N-dealkylation sites (tertiary alicyclic amines) is 1. The van der Waals surface area contributed by atoms with E-state index in [4.69, 9.17) is 0 Å². The first-order valence-corrected chi connectivity index (χ1v) is 7.20. The third-order valence-corrected chi connectivity index (χ3v) is 3.86. The van der Waals surface area contributed by atoms with Crippen molar-refractivity contribution < 1.29 is 9.18 Å². The van der Waals surface area contributed by atoms with Crippen molar-refractivity contribution in [3.05, 3.63) is 35.6 Å². The maximum absolute atomic E-state index is 12.8. The summed E-state index contributed by atoms with van der Waals surface area (Å²) in [6.07, 6.45) is 2.30. The zero-order chi connectivity index (χ0) is 14.5. The van der Waals surface area contributed by atoms with Gasteiger partial charge in [-0.25, -0.2) is 4.39 Å². The fourth-order valence-electron chi connectivity index (χ4n) is 2.77. The standard InChI is InChI=1S/C16H23FN2O/c1-18(2)11-13-7-9-19(10-8-13)12-16(20)14-3-5-15(17)6-4-14/h3-6,13H,7-12H2,1-2H3. The molecule has 0 unspecified atom stereocenters. The Balaban J connectivity index is 1.80. The summed E-state index contributed by atoms with van der Waals surface area (Å²) in [5, 5.41) is 0. The highest BCUT2D eigenvalue weighted by Crippen LogP contribution is 2.18. The van der Waals surface area contributed by atoms with Crippen molar-refractivity contribution in [1.82, 2.24) is 9.80 Å². The lowest BCUT2D eigenvalue weighted by Gasteiger charge is -2.32. The van der Waals surface area contributed by atoms with Gasteiger partial charge in [0.15, 0.2) is 5.78 Å². The molecule has 1 aromatic carbocycles. The van der Waals surface area contributed by atoms with Crippen LogP contribution in [0.15, 0.2) is 24.3 Å². The second kappa shape index (κ2) is 6.95. The highest BCUT2D eigenvalue weighted by atomic mass is 19.1. The van der Waals surface area contributed by atoms with Crippen LogP contribution in [-0.2, 0) is 0 Å². The van der Waals surface area contributed by atoms with Crippen LogP contribution in [0.4, 0.5) is 4.39 Å². The summed E-state index contributed by atoms with van der Waals surface area (Å²) in [6.45, 7) is 3.52. The zero-order valence-corrected chi connectivity index (χ0v) is 12.3. The summed E-state index contributed by atoms with van der Waals surface area (Å²) in [5.74, 6) is 0.518.